The fourth-order valence-electron chi connectivity index (χ4n) is 0.536. The largest absolute Gasteiger partial charge is 0.391 e. The molecule has 1 N–H and O–H groups in total. The molecule has 0 aliphatic carbocycles. The van der Waals surface area contributed by atoms with E-state index in [-0.39, 0.29) is 0 Å². The van der Waals surface area contributed by atoms with Crippen LogP contribution in [0.2, 0.25) is 0 Å². The zero-order chi connectivity index (χ0) is 7.11. The summed E-state index contributed by atoms with van der Waals surface area (Å²) in [5, 5.41) is 8.90. The van der Waals surface area contributed by atoms with Gasteiger partial charge in [-0.1, -0.05) is 0 Å². The standard InChI is InChI=1S/C6H12O3/c1-9-5-6(8)3-2-4-7/h4,6,8H,2-3,5H2,1H3. The molecule has 3 nitrogen and oxygen atoms in total. The van der Waals surface area contributed by atoms with E-state index in [1.807, 2.05) is 0 Å². The van der Waals surface area contributed by atoms with Gasteiger partial charge in [0.2, 0.25) is 0 Å². The van der Waals surface area contributed by atoms with Crippen LogP contribution in [0.15, 0.2) is 0 Å². The molecule has 0 aromatic rings. The molecule has 0 amide bonds. The lowest BCUT2D eigenvalue weighted by atomic mass is 10.2. The van der Waals surface area contributed by atoms with Crippen LogP contribution in [0, 0.1) is 0 Å². The van der Waals surface area contributed by atoms with E-state index < -0.39 is 6.10 Å². The van der Waals surface area contributed by atoms with Gasteiger partial charge in [-0.15, -0.1) is 0 Å². The van der Waals surface area contributed by atoms with Crippen molar-refractivity contribution in [2.45, 2.75) is 18.9 Å². The Kier molecular flexibility index (Phi) is 5.46. The number of ether oxygens (including phenoxy) is 1. The van der Waals surface area contributed by atoms with E-state index in [0.717, 1.165) is 6.29 Å². The molecule has 0 bridgehead atoms. The number of hydrogen-bond acceptors (Lipinski definition) is 3. The van der Waals surface area contributed by atoms with Crippen LogP contribution in [0.25, 0.3) is 0 Å². The lowest BCUT2D eigenvalue weighted by Gasteiger charge is -2.04. The highest BCUT2D eigenvalue weighted by Crippen LogP contribution is 1.93. The topological polar surface area (TPSA) is 46.5 Å². The number of methoxy groups -OCH3 is 1. The Morgan fingerprint density at radius 1 is 1.78 bits per heavy atom. The molecule has 0 rings (SSSR count). The monoisotopic (exact) mass is 132 g/mol. The summed E-state index contributed by atoms with van der Waals surface area (Å²) in [6.45, 7) is 0.313. The van der Waals surface area contributed by atoms with Crippen LogP contribution < -0.4 is 0 Å². The Balaban J connectivity index is 3.04. The van der Waals surface area contributed by atoms with Crippen molar-refractivity contribution in [3.05, 3.63) is 0 Å². The molecule has 0 aliphatic rings. The molecule has 0 aliphatic heterocycles. The summed E-state index contributed by atoms with van der Waals surface area (Å²) in [6.07, 6.45) is 1.21. The van der Waals surface area contributed by atoms with Crippen LogP contribution in [-0.2, 0) is 9.53 Å². The minimum absolute atomic E-state index is 0.313. The summed E-state index contributed by atoms with van der Waals surface area (Å²) in [5.41, 5.74) is 0. The first-order valence-corrected chi connectivity index (χ1v) is 2.92. The van der Waals surface area contributed by atoms with Crippen molar-refractivity contribution < 1.29 is 14.6 Å². The average Bonchev–Trinajstić information content (AvgIpc) is 1.85. The van der Waals surface area contributed by atoms with Crippen molar-refractivity contribution in [1.29, 1.82) is 0 Å². The summed E-state index contributed by atoms with van der Waals surface area (Å²) in [7, 11) is 1.52. The maximum Gasteiger partial charge on any atom is 0.120 e. The molecular weight excluding hydrogens is 120 g/mol. The van der Waals surface area contributed by atoms with Crippen LogP contribution in [0.5, 0.6) is 0 Å². The first kappa shape index (κ1) is 8.59. The molecule has 54 valence electrons. The van der Waals surface area contributed by atoms with Gasteiger partial charge >= 0.3 is 0 Å². The lowest BCUT2D eigenvalue weighted by molar-refractivity contribution is -0.108. The van der Waals surface area contributed by atoms with Crippen molar-refractivity contribution in [3.8, 4) is 0 Å². The molecule has 1 atom stereocenters. The second kappa shape index (κ2) is 5.72. The molecule has 0 aromatic carbocycles. The minimum atomic E-state index is -0.486. The molecule has 3 heteroatoms. The van der Waals surface area contributed by atoms with Gasteiger partial charge in [0.1, 0.15) is 6.29 Å². The van der Waals surface area contributed by atoms with Crippen molar-refractivity contribution in [2.24, 2.45) is 0 Å². The number of aldehydes is 1. The number of aliphatic hydroxyl groups excluding tert-OH is 1. The molecule has 0 radical (unpaired) electrons. The van der Waals surface area contributed by atoms with Crippen molar-refractivity contribution >= 4 is 6.29 Å². The van der Waals surface area contributed by atoms with E-state index in [1.54, 1.807) is 0 Å². The summed E-state index contributed by atoms with van der Waals surface area (Å²) in [5.74, 6) is 0. The molecule has 1 unspecified atom stereocenters. The van der Waals surface area contributed by atoms with Crippen molar-refractivity contribution in [1.82, 2.24) is 0 Å². The van der Waals surface area contributed by atoms with Crippen LogP contribution in [-0.4, -0.2) is 31.2 Å². The van der Waals surface area contributed by atoms with Gasteiger partial charge in [0, 0.05) is 13.5 Å². The maximum atomic E-state index is 9.76. The summed E-state index contributed by atoms with van der Waals surface area (Å²) in [4.78, 5) is 9.76. The normalized spacial score (nSPS) is 13.1. The molecular formula is C6H12O3. The van der Waals surface area contributed by atoms with Gasteiger partial charge < -0.3 is 14.6 Å². The van der Waals surface area contributed by atoms with Gasteiger partial charge in [0.05, 0.1) is 12.7 Å². The fourth-order valence-corrected chi connectivity index (χ4v) is 0.536. The highest BCUT2D eigenvalue weighted by atomic mass is 16.5. The van der Waals surface area contributed by atoms with E-state index in [9.17, 15) is 4.79 Å². The Morgan fingerprint density at radius 2 is 2.44 bits per heavy atom. The molecule has 9 heavy (non-hydrogen) atoms. The van der Waals surface area contributed by atoms with Crippen LogP contribution in [0.1, 0.15) is 12.8 Å². The number of hydrogen-bond donors (Lipinski definition) is 1. The molecule has 0 spiro atoms. The Labute approximate surface area is 54.6 Å². The van der Waals surface area contributed by atoms with Gasteiger partial charge in [0.15, 0.2) is 0 Å². The first-order chi connectivity index (χ1) is 4.31. The predicted octanol–water partition coefficient (Wildman–Crippen LogP) is -0.0272. The first-order valence-electron chi connectivity index (χ1n) is 2.92. The van der Waals surface area contributed by atoms with Crippen molar-refractivity contribution in [2.75, 3.05) is 13.7 Å². The molecule has 0 saturated carbocycles. The Hall–Kier alpha value is -0.410. The highest BCUT2D eigenvalue weighted by Gasteiger charge is 2.00. The predicted molar refractivity (Wildman–Crippen MR) is 33.2 cm³/mol. The number of rotatable bonds is 5. The maximum absolute atomic E-state index is 9.76. The van der Waals surface area contributed by atoms with Crippen LogP contribution in [0.3, 0.4) is 0 Å². The zero-order valence-corrected chi connectivity index (χ0v) is 5.54. The third-order valence-corrected chi connectivity index (χ3v) is 0.977. The van der Waals surface area contributed by atoms with E-state index in [4.69, 9.17) is 5.11 Å². The third kappa shape index (κ3) is 5.46. The number of carbonyl (C=O) groups is 1. The SMILES string of the molecule is COCC(O)CCC=O. The minimum Gasteiger partial charge on any atom is -0.391 e. The second-order valence-corrected chi connectivity index (χ2v) is 1.85. The number of aliphatic hydroxyl groups is 1. The zero-order valence-electron chi connectivity index (χ0n) is 5.54. The third-order valence-electron chi connectivity index (χ3n) is 0.977. The van der Waals surface area contributed by atoms with E-state index in [1.165, 1.54) is 7.11 Å². The summed E-state index contributed by atoms with van der Waals surface area (Å²) < 4.78 is 4.63. The molecule has 0 aromatic heterocycles. The van der Waals surface area contributed by atoms with Gasteiger partial charge in [-0.2, -0.15) is 0 Å². The quantitative estimate of drug-likeness (QED) is 0.534. The summed E-state index contributed by atoms with van der Waals surface area (Å²) in [6, 6.07) is 0. The number of carbonyl (C=O) groups excluding carboxylic acids is 1. The Morgan fingerprint density at radius 3 is 2.89 bits per heavy atom. The van der Waals surface area contributed by atoms with Crippen molar-refractivity contribution in [3.63, 3.8) is 0 Å². The van der Waals surface area contributed by atoms with Gasteiger partial charge in [-0.25, -0.2) is 0 Å². The summed E-state index contributed by atoms with van der Waals surface area (Å²) >= 11 is 0. The molecule has 0 saturated heterocycles. The van der Waals surface area contributed by atoms with Crippen LogP contribution in [0.4, 0.5) is 0 Å². The highest BCUT2D eigenvalue weighted by molar-refractivity contribution is 5.49. The molecule has 0 heterocycles. The van der Waals surface area contributed by atoms with E-state index in [0.29, 0.717) is 19.4 Å². The van der Waals surface area contributed by atoms with Gasteiger partial charge in [0.25, 0.3) is 0 Å². The van der Waals surface area contributed by atoms with E-state index >= 15 is 0 Å². The smallest absolute Gasteiger partial charge is 0.120 e. The van der Waals surface area contributed by atoms with Gasteiger partial charge in [-0.3, -0.25) is 0 Å². The Bertz CT molecular complexity index is 72.7. The average molecular weight is 132 g/mol. The van der Waals surface area contributed by atoms with Crippen LogP contribution >= 0.6 is 0 Å². The van der Waals surface area contributed by atoms with E-state index in [2.05, 4.69) is 4.74 Å². The lowest BCUT2D eigenvalue weighted by Crippen LogP contribution is -2.13. The van der Waals surface area contributed by atoms with Gasteiger partial charge in [-0.05, 0) is 6.42 Å². The second-order valence-electron chi connectivity index (χ2n) is 1.85. The fraction of sp³-hybridized carbons (Fsp3) is 0.833. The molecule has 0 fully saturated rings.